The zero-order chi connectivity index (χ0) is 14.6. The number of fused-ring (bicyclic) bond motifs is 2. The predicted octanol–water partition coefficient (Wildman–Crippen LogP) is 1.81. The van der Waals surface area contributed by atoms with Crippen LogP contribution >= 0.6 is 11.3 Å². The monoisotopic (exact) mass is 308 g/mol. The lowest BCUT2D eigenvalue weighted by Gasteiger charge is -2.50. The minimum absolute atomic E-state index is 0.0699. The molecule has 4 fully saturated rings. The number of rotatable bonds is 2. The van der Waals surface area contributed by atoms with Crippen LogP contribution in [-0.2, 0) is 4.74 Å². The molecule has 1 aromatic rings. The van der Waals surface area contributed by atoms with E-state index in [1.807, 2.05) is 0 Å². The van der Waals surface area contributed by atoms with Crippen molar-refractivity contribution < 1.29 is 4.74 Å². The summed E-state index contributed by atoms with van der Waals surface area (Å²) < 4.78 is 6.29. The van der Waals surface area contributed by atoms with Gasteiger partial charge in [-0.25, -0.2) is 4.98 Å². The van der Waals surface area contributed by atoms with Crippen LogP contribution in [0.2, 0.25) is 0 Å². The molecule has 2 N–H and O–H groups in total. The minimum Gasteiger partial charge on any atom is -0.335 e. The highest BCUT2D eigenvalue weighted by Crippen LogP contribution is 2.44. The number of hydrogen-bond acceptors (Lipinski definition) is 6. The molecular formula is C15H24N4OS. The number of ether oxygens (including phenoxy) is 1. The van der Waals surface area contributed by atoms with Crippen LogP contribution in [-0.4, -0.2) is 48.0 Å². The predicted molar refractivity (Wildman–Crippen MR) is 84.5 cm³/mol. The highest BCUT2D eigenvalue weighted by atomic mass is 32.1. The first-order valence-corrected chi connectivity index (χ1v) is 8.83. The van der Waals surface area contributed by atoms with E-state index < -0.39 is 0 Å². The third kappa shape index (κ3) is 2.20. The lowest BCUT2D eigenvalue weighted by molar-refractivity contribution is -0.137. The van der Waals surface area contributed by atoms with Gasteiger partial charge in [0.05, 0.1) is 12.2 Å². The molecule has 5 heterocycles. The molecule has 1 spiro atoms. The van der Waals surface area contributed by atoms with E-state index in [1.165, 1.54) is 25.9 Å². The normalized spacial score (nSPS) is 38.9. The van der Waals surface area contributed by atoms with E-state index in [4.69, 9.17) is 15.5 Å². The molecule has 5 nitrogen and oxygen atoms in total. The maximum Gasteiger partial charge on any atom is 0.188 e. The fraction of sp³-hybridized carbons (Fsp3) is 0.800. The van der Waals surface area contributed by atoms with E-state index in [9.17, 15) is 0 Å². The number of nitrogens with zero attached hydrogens (tertiary/aromatic N) is 3. The quantitative estimate of drug-likeness (QED) is 0.903. The number of aromatic nitrogens is 1. The van der Waals surface area contributed by atoms with Crippen molar-refractivity contribution in [1.29, 1.82) is 0 Å². The zero-order valence-electron chi connectivity index (χ0n) is 12.8. The van der Waals surface area contributed by atoms with E-state index in [1.54, 1.807) is 11.3 Å². The average Bonchev–Trinajstić information content (AvgIpc) is 3.05. The van der Waals surface area contributed by atoms with E-state index in [0.29, 0.717) is 11.8 Å². The third-order valence-electron chi connectivity index (χ3n) is 5.27. The summed E-state index contributed by atoms with van der Waals surface area (Å²) >= 11 is 1.69. The summed E-state index contributed by atoms with van der Waals surface area (Å²) in [4.78, 5) is 9.44. The van der Waals surface area contributed by atoms with E-state index in [-0.39, 0.29) is 12.0 Å². The third-order valence-corrected chi connectivity index (χ3v) is 6.17. The van der Waals surface area contributed by atoms with Crippen LogP contribution in [0, 0.1) is 5.92 Å². The fourth-order valence-corrected chi connectivity index (χ4v) is 5.02. The standard InChI is InChI=1S/C15H24N4OS/c1-10(2)12-7-21-14(17-12)19-9-15(20-13(19)16)8-18-5-3-11(15)4-6-18/h7,10-11,13H,3-6,8-9,16H2,1-2H3. The van der Waals surface area contributed by atoms with Gasteiger partial charge in [-0.2, -0.15) is 0 Å². The molecule has 4 saturated heterocycles. The zero-order valence-corrected chi connectivity index (χ0v) is 13.6. The molecule has 1 aromatic heterocycles. The summed E-state index contributed by atoms with van der Waals surface area (Å²) in [5.74, 6) is 1.11. The summed E-state index contributed by atoms with van der Waals surface area (Å²) in [6.45, 7) is 8.71. The number of anilines is 1. The number of thiazole rings is 1. The molecule has 21 heavy (non-hydrogen) atoms. The van der Waals surface area contributed by atoms with E-state index in [2.05, 4.69) is 29.0 Å². The Kier molecular flexibility index (Phi) is 3.26. The second kappa shape index (κ2) is 4.91. The van der Waals surface area contributed by atoms with Gasteiger partial charge in [0.15, 0.2) is 11.5 Å². The molecule has 0 amide bonds. The Morgan fingerprint density at radius 2 is 2.14 bits per heavy atom. The molecule has 0 aromatic carbocycles. The van der Waals surface area contributed by atoms with Gasteiger partial charge in [0.1, 0.15) is 5.60 Å². The smallest absolute Gasteiger partial charge is 0.188 e. The highest BCUT2D eigenvalue weighted by molar-refractivity contribution is 7.13. The lowest BCUT2D eigenvalue weighted by Crippen LogP contribution is -2.61. The van der Waals surface area contributed by atoms with Gasteiger partial charge in [0.25, 0.3) is 0 Å². The average molecular weight is 308 g/mol. The molecule has 4 aliphatic rings. The Morgan fingerprint density at radius 3 is 2.71 bits per heavy atom. The molecular weight excluding hydrogens is 284 g/mol. The van der Waals surface area contributed by atoms with E-state index in [0.717, 1.165) is 23.9 Å². The maximum atomic E-state index is 6.29. The van der Waals surface area contributed by atoms with Crippen LogP contribution in [0.5, 0.6) is 0 Å². The molecule has 0 aliphatic carbocycles. The van der Waals surface area contributed by atoms with Crippen LogP contribution in [0.4, 0.5) is 5.13 Å². The summed E-state index contributed by atoms with van der Waals surface area (Å²) in [7, 11) is 0. The van der Waals surface area contributed by atoms with Gasteiger partial charge < -0.3 is 14.5 Å². The molecule has 2 atom stereocenters. The summed E-state index contributed by atoms with van der Waals surface area (Å²) in [5.41, 5.74) is 7.37. The van der Waals surface area contributed by atoms with Crippen molar-refractivity contribution in [2.45, 2.75) is 44.6 Å². The molecule has 0 radical (unpaired) electrons. The molecule has 4 aliphatic heterocycles. The van der Waals surface area contributed by atoms with E-state index >= 15 is 0 Å². The minimum atomic E-state index is -0.350. The maximum absolute atomic E-state index is 6.29. The van der Waals surface area contributed by atoms with Crippen LogP contribution in [0.15, 0.2) is 5.38 Å². The van der Waals surface area contributed by atoms with Crippen molar-refractivity contribution in [1.82, 2.24) is 9.88 Å². The van der Waals surface area contributed by atoms with Crippen LogP contribution in [0.25, 0.3) is 0 Å². The van der Waals surface area contributed by atoms with Crippen LogP contribution < -0.4 is 10.6 Å². The van der Waals surface area contributed by atoms with Gasteiger partial charge in [-0.1, -0.05) is 13.8 Å². The van der Waals surface area contributed by atoms with Crippen molar-refractivity contribution >= 4 is 16.5 Å². The fourth-order valence-electron chi connectivity index (χ4n) is 4.01. The van der Waals surface area contributed by atoms with Crippen molar-refractivity contribution in [2.75, 3.05) is 31.1 Å². The van der Waals surface area contributed by atoms with Gasteiger partial charge in [-0.3, -0.25) is 5.73 Å². The molecule has 2 bridgehead atoms. The van der Waals surface area contributed by atoms with Gasteiger partial charge in [0, 0.05) is 11.9 Å². The Morgan fingerprint density at radius 1 is 1.38 bits per heavy atom. The molecule has 2 unspecified atom stereocenters. The first-order valence-electron chi connectivity index (χ1n) is 7.95. The van der Waals surface area contributed by atoms with Crippen molar-refractivity contribution in [2.24, 2.45) is 11.7 Å². The van der Waals surface area contributed by atoms with Gasteiger partial charge >= 0.3 is 0 Å². The highest BCUT2D eigenvalue weighted by Gasteiger charge is 2.54. The lowest BCUT2D eigenvalue weighted by atomic mass is 9.75. The Bertz CT molecular complexity index is 525. The summed E-state index contributed by atoms with van der Waals surface area (Å²) in [6.07, 6.45) is 2.14. The Hall–Kier alpha value is -0.690. The summed E-state index contributed by atoms with van der Waals surface area (Å²) in [6, 6.07) is 0. The summed E-state index contributed by atoms with van der Waals surface area (Å²) in [5, 5.41) is 3.16. The van der Waals surface area contributed by atoms with Gasteiger partial charge in [-0.15, -0.1) is 11.3 Å². The Balaban J connectivity index is 1.57. The molecule has 6 heteroatoms. The number of piperidine rings is 3. The van der Waals surface area contributed by atoms with Gasteiger partial charge in [0.2, 0.25) is 0 Å². The van der Waals surface area contributed by atoms with Crippen molar-refractivity contribution in [3.05, 3.63) is 11.1 Å². The van der Waals surface area contributed by atoms with Crippen LogP contribution in [0.1, 0.15) is 38.3 Å². The topological polar surface area (TPSA) is 54.6 Å². The van der Waals surface area contributed by atoms with Gasteiger partial charge in [-0.05, 0) is 37.8 Å². The number of nitrogens with two attached hydrogens (primary N) is 1. The first kappa shape index (κ1) is 13.9. The van der Waals surface area contributed by atoms with Crippen molar-refractivity contribution in [3.63, 3.8) is 0 Å². The largest absolute Gasteiger partial charge is 0.335 e. The van der Waals surface area contributed by atoms with Crippen molar-refractivity contribution in [3.8, 4) is 0 Å². The number of hydrogen-bond donors (Lipinski definition) is 1. The van der Waals surface area contributed by atoms with Crippen LogP contribution in [0.3, 0.4) is 0 Å². The molecule has 5 rings (SSSR count). The second-order valence-corrected chi connectivity index (χ2v) is 7.80. The molecule has 116 valence electrons. The SMILES string of the molecule is CC(C)c1csc(N2CC3(CN4CCC3CC4)OC2N)n1. The Labute approximate surface area is 130 Å². The first-order chi connectivity index (χ1) is 10.1. The second-order valence-electron chi connectivity index (χ2n) is 6.96. The molecule has 0 saturated carbocycles.